The molecule has 1 rings (SSSR count). The number of hydrogen-bond acceptors (Lipinski definition) is 3. The summed E-state index contributed by atoms with van der Waals surface area (Å²) in [6, 6.07) is 3.42. The first-order chi connectivity index (χ1) is 8.62. The summed E-state index contributed by atoms with van der Waals surface area (Å²) < 4.78 is 0. The van der Waals surface area contributed by atoms with Crippen molar-refractivity contribution in [1.82, 2.24) is 0 Å². The van der Waals surface area contributed by atoms with E-state index in [1.54, 1.807) is 0 Å². The number of hydrogen-bond donors (Lipinski definition) is 3. The van der Waals surface area contributed by atoms with E-state index in [2.05, 4.69) is 5.32 Å². The van der Waals surface area contributed by atoms with Gasteiger partial charge in [0.2, 0.25) is 5.91 Å². The summed E-state index contributed by atoms with van der Waals surface area (Å²) >= 11 is 5.80. The lowest BCUT2D eigenvalue weighted by molar-refractivity contribution is -0.119. The second-order valence-electron chi connectivity index (χ2n) is 5.33. The molecule has 0 unspecified atom stereocenters. The number of halogens is 1. The number of rotatable bonds is 3. The summed E-state index contributed by atoms with van der Waals surface area (Å²) in [7, 11) is 0. The molecule has 1 aromatic rings. The third-order valence-corrected chi connectivity index (χ3v) is 2.92. The number of amides is 1. The Morgan fingerprint density at radius 1 is 1.37 bits per heavy atom. The molecule has 1 aromatic carbocycles. The van der Waals surface area contributed by atoms with Crippen LogP contribution in [0, 0.1) is 5.41 Å². The minimum atomic E-state index is -1.14. The molecule has 104 valence electrons. The van der Waals surface area contributed by atoms with Crippen LogP contribution in [0.4, 0.5) is 5.69 Å². The van der Waals surface area contributed by atoms with Crippen LogP contribution < -0.4 is 11.1 Å². The second-order valence-corrected chi connectivity index (χ2v) is 5.76. The maximum absolute atomic E-state index is 12.0. The fourth-order valence-electron chi connectivity index (χ4n) is 1.41. The topological polar surface area (TPSA) is 92.4 Å². The lowest BCUT2D eigenvalue weighted by atomic mass is 9.87. The quantitative estimate of drug-likeness (QED) is 0.794. The fraction of sp³-hybridized carbons (Fsp3) is 0.385. The van der Waals surface area contributed by atoms with E-state index in [0.29, 0.717) is 5.02 Å². The lowest BCUT2D eigenvalue weighted by Crippen LogP contribution is -2.45. The largest absolute Gasteiger partial charge is 0.478 e. The van der Waals surface area contributed by atoms with Crippen LogP contribution in [-0.4, -0.2) is 23.0 Å². The number of carboxylic acids is 1. The van der Waals surface area contributed by atoms with Crippen molar-refractivity contribution < 1.29 is 14.7 Å². The zero-order chi connectivity index (χ0) is 14.8. The highest BCUT2D eigenvalue weighted by molar-refractivity contribution is 6.31. The van der Waals surface area contributed by atoms with Gasteiger partial charge in [-0.05, 0) is 23.6 Å². The molecule has 0 aromatic heterocycles. The molecule has 5 nitrogen and oxygen atoms in total. The number of benzene rings is 1. The third kappa shape index (κ3) is 3.94. The standard InChI is InChI=1S/C13H17ClN2O3/c1-13(2,3)10(15)11(17)16-9-6-7(14)4-5-8(9)12(18)19/h4-6,10H,15H2,1-3H3,(H,16,17)(H,18,19)/t10-/m0/s1. The Morgan fingerprint density at radius 3 is 2.42 bits per heavy atom. The van der Waals surface area contributed by atoms with Gasteiger partial charge in [0.05, 0.1) is 17.3 Å². The SMILES string of the molecule is CC(C)(C)[C@@H](N)C(=O)Nc1cc(Cl)ccc1C(=O)O. The van der Waals surface area contributed by atoms with Crippen molar-refractivity contribution in [3.05, 3.63) is 28.8 Å². The smallest absolute Gasteiger partial charge is 0.337 e. The number of nitrogens with two attached hydrogens (primary N) is 1. The third-order valence-electron chi connectivity index (χ3n) is 2.69. The van der Waals surface area contributed by atoms with E-state index in [1.165, 1.54) is 18.2 Å². The molecular formula is C13H17ClN2O3. The van der Waals surface area contributed by atoms with Gasteiger partial charge in [-0.25, -0.2) is 4.79 Å². The van der Waals surface area contributed by atoms with Crippen molar-refractivity contribution in [3.63, 3.8) is 0 Å². The van der Waals surface area contributed by atoms with Crippen LogP contribution in [0.1, 0.15) is 31.1 Å². The summed E-state index contributed by atoms with van der Waals surface area (Å²) in [6.07, 6.45) is 0. The van der Waals surface area contributed by atoms with E-state index in [1.807, 2.05) is 20.8 Å². The van der Waals surface area contributed by atoms with Crippen LogP contribution in [-0.2, 0) is 4.79 Å². The van der Waals surface area contributed by atoms with Crippen LogP contribution in [0.3, 0.4) is 0 Å². The highest BCUT2D eigenvalue weighted by Gasteiger charge is 2.28. The molecule has 0 bridgehead atoms. The minimum absolute atomic E-state index is 0.0288. The zero-order valence-corrected chi connectivity index (χ0v) is 11.8. The summed E-state index contributed by atoms with van der Waals surface area (Å²) in [4.78, 5) is 23.0. The molecule has 19 heavy (non-hydrogen) atoms. The Bertz CT molecular complexity index is 509. The van der Waals surface area contributed by atoms with Gasteiger partial charge in [-0.1, -0.05) is 32.4 Å². The van der Waals surface area contributed by atoms with Crippen molar-refractivity contribution in [1.29, 1.82) is 0 Å². The molecule has 0 spiro atoms. The molecule has 1 atom stereocenters. The number of anilines is 1. The number of carboxylic acid groups (broad SMARTS) is 1. The van der Waals surface area contributed by atoms with Crippen molar-refractivity contribution in [2.24, 2.45) is 11.1 Å². The monoisotopic (exact) mass is 284 g/mol. The van der Waals surface area contributed by atoms with Gasteiger partial charge in [-0.3, -0.25) is 4.79 Å². The van der Waals surface area contributed by atoms with Crippen molar-refractivity contribution in [2.75, 3.05) is 5.32 Å². The average molecular weight is 285 g/mol. The molecule has 0 aliphatic carbocycles. The zero-order valence-electron chi connectivity index (χ0n) is 11.0. The van der Waals surface area contributed by atoms with E-state index in [4.69, 9.17) is 22.4 Å². The Hall–Kier alpha value is -1.59. The van der Waals surface area contributed by atoms with Crippen molar-refractivity contribution in [2.45, 2.75) is 26.8 Å². The highest BCUT2D eigenvalue weighted by atomic mass is 35.5. The first-order valence-corrected chi connectivity index (χ1v) is 6.10. The molecule has 0 aliphatic rings. The Labute approximate surface area is 116 Å². The van der Waals surface area contributed by atoms with Gasteiger partial charge in [0.15, 0.2) is 0 Å². The van der Waals surface area contributed by atoms with Gasteiger partial charge in [0.1, 0.15) is 0 Å². The van der Waals surface area contributed by atoms with E-state index >= 15 is 0 Å². The summed E-state index contributed by atoms with van der Waals surface area (Å²) in [6.45, 7) is 5.48. The van der Waals surface area contributed by atoms with Crippen LogP contribution in [0.5, 0.6) is 0 Å². The van der Waals surface area contributed by atoms with Crippen LogP contribution >= 0.6 is 11.6 Å². The van der Waals surface area contributed by atoms with Gasteiger partial charge >= 0.3 is 5.97 Å². The summed E-state index contributed by atoms with van der Waals surface area (Å²) in [5.74, 6) is -1.59. The second kappa shape index (κ2) is 5.59. The highest BCUT2D eigenvalue weighted by Crippen LogP contribution is 2.23. The minimum Gasteiger partial charge on any atom is -0.478 e. The molecule has 0 saturated carbocycles. The lowest BCUT2D eigenvalue weighted by Gasteiger charge is -2.26. The van der Waals surface area contributed by atoms with Gasteiger partial charge in [0, 0.05) is 5.02 Å². The van der Waals surface area contributed by atoms with Gasteiger partial charge < -0.3 is 16.2 Å². The molecule has 0 fully saturated rings. The van der Waals surface area contributed by atoms with E-state index < -0.39 is 23.3 Å². The van der Waals surface area contributed by atoms with Gasteiger partial charge in [-0.15, -0.1) is 0 Å². The Morgan fingerprint density at radius 2 is 1.95 bits per heavy atom. The number of carbonyl (C=O) groups is 2. The Kier molecular flexibility index (Phi) is 4.55. The van der Waals surface area contributed by atoms with E-state index in [-0.39, 0.29) is 11.3 Å². The maximum Gasteiger partial charge on any atom is 0.337 e. The van der Waals surface area contributed by atoms with Crippen LogP contribution in [0.15, 0.2) is 18.2 Å². The van der Waals surface area contributed by atoms with Crippen LogP contribution in [0.2, 0.25) is 5.02 Å². The van der Waals surface area contributed by atoms with E-state index in [0.717, 1.165) is 0 Å². The van der Waals surface area contributed by atoms with Gasteiger partial charge in [0.25, 0.3) is 0 Å². The number of carbonyl (C=O) groups excluding carboxylic acids is 1. The van der Waals surface area contributed by atoms with Crippen LogP contribution in [0.25, 0.3) is 0 Å². The molecule has 1 amide bonds. The average Bonchev–Trinajstić information content (AvgIpc) is 2.26. The molecule has 6 heteroatoms. The maximum atomic E-state index is 12.0. The molecule has 0 heterocycles. The summed E-state index contributed by atoms with van der Waals surface area (Å²) in [5, 5.41) is 11.9. The first kappa shape index (κ1) is 15.5. The number of aromatic carboxylic acids is 1. The normalized spacial score (nSPS) is 12.9. The molecule has 4 N–H and O–H groups in total. The predicted octanol–water partition coefficient (Wildman–Crippen LogP) is 2.35. The van der Waals surface area contributed by atoms with Gasteiger partial charge in [-0.2, -0.15) is 0 Å². The number of nitrogens with one attached hydrogen (secondary N) is 1. The fourth-order valence-corrected chi connectivity index (χ4v) is 1.58. The van der Waals surface area contributed by atoms with Crippen molar-refractivity contribution >= 4 is 29.2 Å². The molecule has 0 aliphatic heterocycles. The molecule has 0 radical (unpaired) electrons. The summed E-state index contributed by atoms with van der Waals surface area (Å²) in [5.41, 5.74) is 5.50. The molecular weight excluding hydrogens is 268 g/mol. The predicted molar refractivity (Wildman–Crippen MR) is 74.5 cm³/mol. The Balaban J connectivity index is 3.02. The first-order valence-electron chi connectivity index (χ1n) is 5.72. The molecule has 0 saturated heterocycles. The van der Waals surface area contributed by atoms with Crippen molar-refractivity contribution in [3.8, 4) is 0 Å². The van der Waals surface area contributed by atoms with E-state index in [9.17, 15) is 9.59 Å².